The molecule has 3 heterocycles. The standard InChI is InChI=1S/C34H27ClN4O3/c1-20-14-16-21(17-15-20)31-30-25(23-9-3-6-12-27(23)37-30)18-29-33(41)39(34(42)38(29)31)28-13-7-4-10-24(28)32(40)36-19-22-8-2-5-11-26(22)35/h2-17,29,31,37H,18-19H2,1H3,(H,36,40)/t29-,31-/m0/s1. The molecule has 2 atom stereocenters. The van der Waals surface area contributed by atoms with Gasteiger partial charge in [0.25, 0.3) is 11.8 Å². The molecule has 1 fully saturated rings. The van der Waals surface area contributed by atoms with Crippen molar-refractivity contribution in [3.8, 4) is 0 Å². The third kappa shape index (κ3) is 4.16. The van der Waals surface area contributed by atoms with E-state index >= 15 is 0 Å². The van der Waals surface area contributed by atoms with Crippen molar-refractivity contribution in [1.82, 2.24) is 15.2 Å². The molecule has 0 radical (unpaired) electrons. The van der Waals surface area contributed by atoms with E-state index in [-0.39, 0.29) is 23.7 Å². The molecule has 7 rings (SSSR count). The second kappa shape index (κ2) is 10.2. The second-order valence-corrected chi connectivity index (χ2v) is 11.2. The minimum atomic E-state index is -0.713. The normalized spacial score (nSPS) is 17.9. The van der Waals surface area contributed by atoms with Gasteiger partial charge >= 0.3 is 6.03 Å². The van der Waals surface area contributed by atoms with Crippen LogP contribution in [0.5, 0.6) is 0 Å². The fourth-order valence-corrected chi connectivity index (χ4v) is 6.37. The average Bonchev–Trinajstić information content (AvgIpc) is 3.50. The molecule has 0 aliphatic carbocycles. The van der Waals surface area contributed by atoms with E-state index in [1.165, 1.54) is 4.90 Å². The number of nitrogens with one attached hydrogen (secondary N) is 2. The van der Waals surface area contributed by atoms with Gasteiger partial charge in [-0.25, -0.2) is 9.69 Å². The number of hydrogen-bond acceptors (Lipinski definition) is 3. The molecular weight excluding hydrogens is 548 g/mol. The molecule has 4 amide bonds. The van der Waals surface area contributed by atoms with Crippen LogP contribution >= 0.6 is 11.6 Å². The topological polar surface area (TPSA) is 85.5 Å². The number of fused-ring (bicyclic) bond motifs is 4. The highest BCUT2D eigenvalue weighted by Crippen LogP contribution is 2.45. The number of rotatable bonds is 5. The summed E-state index contributed by atoms with van der Waals surface area (Å²) < 4.78 is 0. The van der Waals surface area contributed by atoms with Gasteiger partial charge in [-0.3, -0.25) is 14.5 Å². The molecule has 0 unspecified atom stereocenters. The van der Waals surface area contributed by atoms with Crippen molar-refractivity contribution in [2.24, 2.45) is 0 Å². The van der Waals surface area contributed by atoms with Crippen molar-refractivity contribution in [3.05, 3.63) is 136 Å². The van der Waals surface area contributed by atoms with E-state index in [9.17, 15) is 14.4 Å². The highest BCUT2D eigenvalue weighted by Gasteiger charge is 2.53. The van der Waals surface area contributed by atoms with Crippen LogP contribution in [0.1, 0.15) is 44.3 Å². The Bertz CT molecular complexity index is 1880. The summed E-state index contributed by atoms with van der Waals surface area (Å²) in [6.07, 6.45) is 0.379. The number of carbonyl (C=O) groups is 3. The summed E-state index contributed by atoms with van der Waals surface area (Å²) in [6, 6.07) is 28.4. The average molecular weight is 575 g/mol. The van der Waals surface area contributed by atoms with Gasteiger partial charge in [-0.05, 0) is 47.9 Å². The summed E-state index contributed by atoms with van der Waals surface area (Å²) in [6.45, 7) is 2.22. The summed E-state index contributed by atoms with van der Waals surface area (Å²) in [7, 11) is 0. The Morgan fingerprint density at radius 1 is 0.929 bits per heavy atom. The molecular formula is C34H27ClN4O3. The molecule has 0 saturated carbocycles. The summed E-state index contributed by atoms with van der Waals surface area (Å²) in [5.74, 6) is -0.748. The first kappa shape index (κ1) is 26.0. The zero-order valence-electron chi connectivity index (χ0n) is 22.8. The molecule has 42 heavy (non-hydrogen) atoms. The Labute approximate surface area is 247 Å². The first-order valence-corrected chi connectivity index (χ1v) is 14.2. The zero-order valence-corrected chi connectivity index (χ0v) is 23.6. The number of amides is 4. The van der Waals surface area contributed by atoms with Gasteiger partial charge in [-0.2, -0.15) is 0 Å². The van der Waals surface area contributed by atoms with Gasteiger partial charge in [0.2, 0.25) is 0 Å². The molecule has 1 saturated heterocycles. The Kier molecular flexibility index (Phi) is 6.32. The predicted molar refractivity (Wildman–Crippen MR) is 163 cm³/mol. The number of para-hydroxylation sites is 2. The number of H-pyrrole nitrogens is 1. The lowest BCUT2D eigenvalue weighted by atomic mass is 9.88. The maximum absolute atomic E-state index is 14.3. The fraction of sp³-hybridized carbons (Fsp3) is 0.147. The van der Waals surface area contributed by atoms with Crippen LogP contribution in [0.3, 0.4) is 0 Å². The van der Waals surface area contributed by atoms with E-state index in [0.29, 0.717) is 11.4 Å². The Balaban J connectivity index is 1.28. The predicted octanol–water partition coefficient (Wildman–Crippen LogP) is 6.54. The van der Waals surface area contributed by atoms with E-state index < -0.39 is 24.0 Å². The van der Waals surface area contributed by atoms with Crippen molar-refractivity contribution in [2.75, 3.05) is 4.90 Å². The summed E-state index contributed by atoms with van der Waals surface area (Å²) in [4.78, 5) is 48.2. The van der Waals surface area contributed by atoms with Crippen molar-refractivity contribution >= 4 is 46.0 Å². The lowest BCUT2D eigenvalue weighted by molar-refractivity contribution is -0.120. The van der Waals surface area contributed by atoms with E-state index in [2.05, 4.69) is 10.3 Å². The number of aromatic nitrogens is 1. The molecule has 2 N–H and O–H groups in total. The Morgan fingerprint density at radius 3 is 2.45 bits per heavy atom. The van der Waals surface area contributed by atoms with Gasteiger partial charge in [0.15, 0.2) is 0 Å². The Morgan fingerprint density at radius 2 is 1.64 bits per heavy atom. The van der Waals surface area contributed by atoms with Gasteiger partial charge in [-0.15, -0.1) is 0 Å². The number of hydrogen-bond donors (Lipinski definition) is 2. The number of nitrogens with zero attached hydrogens (tertiary/aromatic N) is 2. The third-order valence-electron chi connectivity index (χ3n) is 8.23. The molecule has 2 aliphatic heterocycles. The van der Waals surface area contributed by atoms with Crippen LogP contribution in [-0.4, -0.2) is 33.8 Å². The fourth-order valence-electron chi connectivity index (χ4n) is 6.16. The largest absolute Gasteiger partial charge is 0.356 e. The van der Waals surface area contributed by atoms with E-state index in [1.807, 2.05) is 73.7 Å². The summed E-state index contributed by atoms with van der Waals surface area (Å²) in [5.41, 5.74) is 6.19. The number of benzene rings is 4. The smallest absolute Gasteiger partial charge is 0.332 e. The van der Waals surface area contributed by atoms with Crippen molar-refractivity contribution in [3.63, 3.8) is 0 Å². The van der Waals surface area contributed by atoms with Crippen molar-refractivity contribution in [1.29, 1.82) is 0 Å². The molecule has 4 aromatic carbocycles. The quantitative estimate of drug-likeness (QED) is 0.234. The minimum Gasteiger partial charge on any atom is -0.356 e. The Hall–Kier alpha value is -4.88. The highest BCUT2D eigenvalue weighted by atomic mass is 35.5. The molecule has 1 aromatic heterocycles. The molecule has 0 bridgehead atoms. The molecule has 5 aromatic rings. The number of halogens is 1. The number of urea groups is 1. The van der Waals surface area contributed by atoms with Crippen LogP contribution in [0.15, 0.2) is 97.1 Å². The van der Waals surface area contributed by atoms with Gasteiger partial charge in [0.1, 0.15) is 12.1 Å². The lowest BCUT2D eigenvalue weighted by Crippen LogP contribution is -2.44. The van der Waals surface area contributed by atoms with E-state index in [4.69, 9.17) is 11.6 Å². The van der Waals surface area contributed by atoms with E-state index in [0.717, 1.165) is 38.9 Å². The SMILES string of the molecule is Cc1ccc([C@H]2c3[nH]c4ccccc4c3C[C@H]3C(=O)N(c4ccccc4C(=O)NCc4ccccc4Cl)C(=O)N23)cc1. The van der Waals surface area contributed by atoms with Gasteiger partial charge in [0.05, 0.1) is 11.3 Å². The summed E-state index contributed by atoms with van der Waals surface area (Å²) >= 11 is 6.28. The van der Waals surface area contributed by atoms with Crippen molar-refractivity contribution < 1.29 is 14.4 Å². The monoisotopic (exact) mass is 574 g/mol. The van der Waals surface area contributed by atoms with Crippen LogP contribution in [0, 0.1) is 6.92 Å². The van der Waals surface area contributed by atoms with Crippen molar-refractivity contribution in [2.45, 2.75) is 32.0 Å². The molecule has 0 spiro atoms. The molecule has 208 valence electrons. The first-order chi connectivity index (χ1) is 20.4. The molecule has 7 nitrogen and oxygen atoms in total. The zero-order chi connectivity index (χ0) is 29.0. The maximum Gasteiger partial charge on any atom is 0.332 e. The number of anilines is 1. The van der Waals surface area contributed by atoms with Crippen LogP contribution in [-0.2, 0) is 17.8 Å². The van der Waals surface area contributed by atoms with Crippen LogP contribution in [0.2, 0.25) is 5.02 Å². The highest BCUT2D eigenvalue weighted by molar-refractivity contribution is 6.31. The third-order valence-corrected chi connectivity index (χ3v) is 8.60. The lowest BCUT2D eigenvalue weighted by Gasteiger charge is -2.36. The molecule has 8 heteroatoms. The number of aromatic amines is 1. The molecule has 2 aliphatic rings. The van der Waals surface area contributed by atoms with Crippen LogP contribution < -0.4 is 10.2 Å². The van der Waals surface area contributed by atoms with E-state index in [1.54, 1.807) is 35.2 Å². The van der Waals surface area contributed by atoms with Gasteiger partial charge in [0, 0.05) is 34.6 Å². The van der Waals surface area contributed by atoms with Crippen LogP contribution in [0.25, 0.3) is 10.9 Å². The maximum atomic E-state index is 14.3. The number of aryl methyl sites for hydroxylation is 1. The summed E-state index contributed by atoms with van der Waals surface area (Å²) in [5, 5.41) is 4.48. The minimum absolute atomic E-state index is 0.209. The van der Waals surface area contributed by atoms with Gasteiger partial charge < -0.3 is 10.3 Å². The van der Waals surface area contributed by atoms with Gasteiger partial charge in [-0.1, -0.05) is 90.0 Å². The second-order valence-electron chi connectivity index (χ2n) is 10.8. The first-order valence-electron chi connectivity index (χ1n) is 13.9. The number of imide groups is 1. The number of carbonyl (C=O) groups excluding carboxylic acids is 3. The van der Waals surface area contributed by atoms with Crippen LogP contribution in [0.4, 0.5) is 10.5 Å².